The van der Waals surface area contributed by atoms with E-state index in [0.29, 0.717) is 26.8 Å². The van der Waals surface area contributed by atoms with Crippen LogP contribution < -0.4 is 10.4 Å². The number of carboxylic acids is 1. The topological polar surface area (TPSA) is 116 Å². The third-order valence-corrected chi connectivity index (χ3v) is 8.06. The van der Waals surface area contributed by atoms with Crippen LogP contribution in [-0.4, -0.2) is 56.7 Å². The third kappa shape index (κ3) is 4.63. The molecule has 1 saturated carbocycles. The molecule has 0 radical (unpaired) electrons. The number of hydrogen-bond donors (Lipinski definition) is 1. The molecule has 3 aromatic heterocycles. The fourth-order valence-electron chi connectivity index (χ4n) is 4.79. The number of piperidine rings is 1. The Kier molecular flexibility index (Phi) is 6.02. The number of thiophene rings is 1. The van der Waals surface area contributed by atoms with Crippen LogP contribution in [0.5, 0.6) is 0 Å². The number of halogens is 1. The van der Waals surface area contributed by atoms with Crippen molar-refractivity contribution in [1.29, 1.82) is 0 Å². The van der Waals surface area contributed by atoms with Crippen molar-refractivity contribution >= 4 is 45.8 Å². The van der Waals surface area contributed by atoms with Gasteiger partial charge in [0.15, 0.2) is 11.6 Å². The van der Waals surface area contributed by atoms with Gasteiger partial charge in [-0.05, 0) is 55.5 Å². The van der Waals surface area contributed by atoms with Gasteiger partial charge in [0, 0.05) is 31.2 Å². The van der Waals surface area contributed by atoms with Gasteiger partial charge >= 0.3 is 0 Å². The van der Waals surface area contributed by atoms with E-state index in [1.807, 2.05) is 6.07 Å². The van der Waals surface area contributed by atoms with Crippen molar-refractivity contribution in [2.75, 3.05) is 13.1 Å². The van der Waals surface area contributed by atoms with Crippen LogP contribution in [0.25, 0.3) is 21.7 Å². The van der Waals surface area contributed by atoms with Gasteiger partial charge in [0.1, 0.15) is 5.69 Å². The summed E-state index contributed by atoms with van der Waals surface area (Å²) in [4.78, 5) is 32.8. The number of benzene rings is 1. The number of nitrogens with zero attached hydrogens (tertiary/aromatic N) is 4. The number of rotatable bonds is 7. The van der Waals surface area contributed by atoms with E-state index in [4.69, 9.17) is 16.1 Å². The highest BCUT2D eigenvalue weighted by atomic mass is 35.5. The van der Waals surface area contributed by atoms with Crippen molar-refractivity contribution in [3.05, 3.63) is 57.8 Å². The largest absolute Gasteiger partial charge is 0.545 e. The predicted molar refractivity (Wildman–Crippen MR) is 133 cm³/mol. The van der Waals surface area contributed by atoms with Crippen LogP contribution in [0, 0.1) is 0 Å². The van der Waals surface area contributed by atoms with E-state index >= 15 is 0 Å². The summed E-state index contributed by atoms with van der Waals surface area (Å²) < 4.78 is 7.82. The van der Waals surface area contributed by atoms with Crippen LogP contribution in [0.1, 0.15) is 52.4 Å². The maximum Gasteiger partial charge on any atom is 0.287 e. The lowest BCUT2D eigenvalue weighted by Gasteiger charge is -2.32. The molecule has 0 unspecified atom stereocenters. The van der Waals surface area contributed by atoms with Crippen LogP contribution in [0.4, 0.5) is 0 Å². The molecule has 1 aromatic carbocycles. The highest BCUT2D eigenvalue weighted by molar-refractivity contribution is 7.19. The fraction of sp³-hybridized carbons (Fsp3) is 0.360. The van der Waals surface area contributed by atoms with Crippen molar-refractivity contribution in [1.82, 2.24) is 24.9 Å². The predicted octanol–water partition coefficient (Wildman–Crippen LogP) is 3.17. The van der Waals surface area contributed by atoms with Crippen molar-refractivity contribution < 1.29 is 19.2 Å². The normalized spacial score (nSPS) is 17.0. The Labute approximate surface area is 215 Å². The molecule has 186 valence electrons. The van der Waals surface area contributed by atoms with E-state index in [-0.39, 0.29) is 29.9 Å². The molecule has 2 fully saturated rings. The van der Waals surface area contributed by atoms with E-state index in [9.17, 15) is 14.7 Å². The van der Waals surface area contributed by atoms with Crippen molar-refractivity contribution in [2.45, 2.75) is 44.3 Å². The molecule has 0 bridgehead atoms. The molecule has 2 aliphatic rings. The first-order chi connectivity index (χ1) is 17.4. The molecule has 11 heteroatoms. The highest BCUT2D eigenvalue weighted by Crippen LogP contribution is 2.32. The van der Waals surface area contributed by atoms with Gasteiger partial charge in [0.25, 0.3) is 5.91 Å². The minimum Gasteiger partial charge on any atom is -0.545 e. The molecule has 4 heterocycles. The van der Waals surface area contributed by atoms with Gasteiger partial charge in [-0.15, -0.1) is 11.3 Å². The number of nitrogens with one attached hydrogen (secondary N) is 1. The van der Waals surface area contributed by atoms with Gasteiger partial charge in [-0.25, -0.2) is 4.98 Å². The molecular formula is C25H23ClN5O4S-. The standard InChI is InChI=1S/C25H24ClN5O4S/c26-22-6-5-21(36-22)20-12-16(29-35-20)13-31-19-11-14(25(33)34)1-4-18(19)28-23(31)24(32)27-15-7-9-30(10-8-15)17-2-3-17/h1,4-6,11-12,15,17H,2-3,7-10,13H2,(H,27,32)(H,33,34)/p-1. The van der Waals surface area contributed by atoms with Crippen LogP contribution in [0.3, 0.4) is 0 Å². The minimum absolute atomic E-state index is 0.0112. The van der Waals surface area contributed by atoms with Crippen LogP contribution in [-0.2, 0) is 6.54 Å². The molecule has 4 aromatic rings. The van der Waals surface area contributed by atoms with E-state index in [2.05, 4.69) is 20.4 Å². The molecule has 1 amide bonds. The summed E-state index contributed by atoms with van der Waals surface area (Å²) >= 11 is 7.42. The average Bonchev–Trinajstić information content (AvgIpc) is 3.28. The third-order valence-electron chi connectivity index (χ3n) is 6.81. The number of fused-ring (bicyclic) bond motifs is 1. The van der Waals surface area contributed by atoms with E-state index in [1.165, 1.54) is 36.3 Å². The van der Waals surface area contributed by atoms with E-state index < -0.39 is 5.97 Å². The average molecular weight is 525 g/mol. The number of aromatic carboxylic acids is 1. The van der Waals surface area contributed by atoms with Gasteiger partial charge in [-0.3, -0.25) is 4.79 Å². The quantitative estimate of drug-likeness (QED) is 0.394. The van der Waals surface area contributed by atoms with Crippen LogP contribution in [0.15, 0.2) is 40.9 Å². The lowest BCUT2D eigenvalue weighted by molar-refractivity contribution is -0.255. The summed E-state index contributed by atoms with van der Waals surface area (Å²) in [5.74, 6) is -0.819. The number of likely N-dealkylation sites (tertiary alicyclic amines) is 1. The van der Waals surface area contributed by atoms with Crippen LogP contribution in [0.2, 0.25) is 4.34 Å². The summed E-state index contributed by atoms with van der Waals surface area (Å²) in [5, 5.41) is 18.8. The number of carboxylic acid groups (broad SMARTS) is 1. The molecule has 0 spiro atoms. The number of carbonyl (C=O) groups excluding carboxylic acids is 2. The Bertz CT molecular complexity index is 1450. The molecule has 1 aliphatic carbocycles. The maximum atomic E-state index is 13.4. The van der Waals surface area contributed by atoms with Gasteiger partial charge < -0.3 is 29.2 Å². The number of aromatic nitrogens is 3. The first-order valence-electron chi connectivity index (χ1n) is 11.9. The summed E-state index contributed by atoms with van der Waals surface area (Å²) in [6, 6.07) is 10.7. The Morgan fingerprint density at radius 2 is 1.94 bits per heavy atom. The number of amides is 1. The molecule has 1 saturated heterocycles. The number of hydrogen-bond acceptors (Lipinski definition) is 8. The van der Waals surface area contributed by atoms with Crippen molar-refractivity contribution in [3.63, 3.8) is 0 Å². The maximum absolute atomic E-state index is 13.4. The Morgan fingerprint density at radius 3 is 2.64 bits per heavy atom. The first-order valence-corrected chi connectivity index (χ1v) is 13.1. The molecule has 0 atom stereocenters. The molecule has 6 rings (SSSR count). The van der Waals surface area contributed by atoms with Crippen molar-refractivity contribution in [3.8, 4) is 10.6 Å². The summed E-state index contributed by atoms with van der Waals surface area (Å²) in [7, 11) is 0. The second kappa shape index (κ2) is 9.34. The van der Waals surface area contributed by atoms with Gasteiger partial charge in [-0.2, -0.15) is 0 Å². The van der Waals surface area contributed by atoms with Gasteiger partial charge in [0.2, 0.25) is 0 Å². The van der Waals surface area contributed by atoms with E-state index in [1.54, 1.807) is 22.8 Å². The second-order valence-corrected chi connectivity index (χ2v) is 11.0. The van der Waals surface area contributed by atoms with Gasteiger partial charge in [-0.1, -0.05) is 22.8 Å². The molecule has 1 aliphatic heterocycles. The zero-order valence-corrected chi connectivity index (χ0v) is 20.8. The van der Waals surface area contributed by atoms with E-state index in [0.717, 1.165) is 36.9 Å². The van der Waals surface area contributed by atoms with Crippen LogP contribution >= 0.6 is 22.9 Å². The van der Waals surface area contributed by atoms with Crippen molar-refractivity contribution in [2.24, 2.45) is 0 Å². The summed E-state index contributed by atoms with van der Waals surface area (Å²) in [6.45, 7) is 2.14. The molecule has 9 nitrogen and oxygen atoms in total. The highest BCUT2D eigenvalue weighted by Gasteiger charge is 2.32. The zero-order chi connectivity index (χ0) is 24.8. The first kappa shape index (κ1) is 23.2. The molecular weight excluding hydrogens is 502 g/mol. The molecule has 1 N–H and O–H groups in total. The number of imidazole rings is 1. The molecule has 36 heavy (non-hydrogen) atoms. The minimum atomic E-state index is -1.30. The monoisotopic (exact) mass is 524 g/mol. The zero-order valence-electron chi connectivity index (χ0n) is 19.3. The Balaban J connectivity index is 1.29. The number of carbonyl (C=O) groups is 2. The second-order valence-electron chi connectivity index (χ2n) is 9.31. The lowest BCUT2D eigenvalue weighted by atomic mass is 10.0. The summed E-state index contributed by atoms with van der Waals surface area (Å²) in [6.07, 6.45) is 4.34. The fourth-order valence-corrected chi connectivity index (χ4v) is 5.78. The van der Waals surface area contributed by atoms with Gasteiger partial charge in [0.05, 0.1) is 32.8 Å². The Hall–Kier alpha value is -3.21. The lowest BCUT2D eigenvalue weighted by Crippen LogP contribution is -2.45. The summed E-state index contributed by atoms with van der Waals surface area (Å²) in [5.41, 5.74) is 1.60. The smallest absolute Gasteiger partial charge is 0.287 e. The Morgan fingerprint density at radius 1 is 1.14 bits per heavy atom. The SMILES string of the molecule is O=C([O-])c1ccc2nc(C(=O)NC3CCN(C4CC4)CC3)n(Cc3cc(-c4ccc(Cl)s4)on3)c2c1.